The van der Waals surface area contributed by atoms with E-state index < -0.39 is 5.79 Å². The van der Waals surface area contributed by atoms with Crippen LogP contribution >= 0.6 is 0 Å². The zero-order chi connectivity index (χ0) is 19.7. The predicted molar refractivity (Wildman–Crippen MR) is 105 cm³/mol. The molecule has 1 fully saturated rings. The van der Waals surface area contributed by atoms with E-state index in [0.29, 0.717) is 25.3 Å². The fraction of sp³-hybridized carbons (Fsp3) is 0.381. The molecule has 0 N–H and O–H groups in total. The Balaban J connectivity index is 1.60. The topological polar surface area (TPSA) is 69.5 Å². The van der Waals surface area contributed by atoms with Gasteiger partial charge in [0.05, 0.1) is 25.2 Å². The minimum atomic E-state index is -0.628. The molecule has 146 valence electrons. The van der Waals surface area contributed by atoms with Crippen LogP contribution in [-0.4, -0.2) is 50.4 Å². The van der Waals surface area contributed by atoms with E-state index in [9.17, 15) is 4.79 Å². The number of nitrogens with zero attached hydrogens (tertiary/aromatic N) is 4. The number of fused-ring (bicyclic) bond motifs is 1. The van der Waals surface area contributed by atoms with E-state index in [0.717, 1.165) is 16.7 Å². The van der Waals surface area contributed by atoms with Gasteiger partial charge in [-0.25, -0.2) is 4.98 Å². The average Bonchev–Trinajstić information content (AvgIpc) is 3.24. The number of amides is 1. The first-order chi connectivity index (χ1) is 13.4. The van der Waals surface area contributed by atoms with E-state index >= 15 is 0 Å². The van der Waals surface area contributed by atoms with Crippen molar-refractivity contribution >= 4 is 16.8 Å². The number of carbonyl (C=O) groups is 1. The van der Waals surface area contributed by atoms with Gasteiger partial charge in [0.15, 0.2) is 5.79 Å². The first-order valence-corrected chi connectivity index (χ1v) is 9.33. The summed E-state index contributed by atoms with van der Waals surface area (Å²) in [6.45, 7) is 5.05. The minimum Gasteiger partial charge on any atom is -0.348 e. The van der Waals surface area contributed by atoms with Gasteiger partial charge in [0.1, 0.15) is 11.9 Å². The number of benzene rings is 1. The van der Waals surface area contributed by atoms with Crippen molar-refractivity contribution in [3.63, 3.8) is 0 Å². The highest BCUT2D eigenvalue weighted by molar-refractivity contribution is 5.97. The third-order valence-corrected chi connectivity index (χ3v) is 4.88. The van der Waals surface area contributed by atoms with Crippen molar-refractivity contribution in [2.45, 2.75) is 32.3 Å². The maximum absolute atomic E-state index is 13.3. The van der Waals surface area contributed by atoms with Gasteiger partial charge in [-0.15, -0.1) is 0 Å². The normalized spacial score (nSPS) is 18.5. The van der Waals surface area contributed by atoms with Crippen LogP contribution in [0.3, 0.4) is 0 Å². The Morgan fingerprint density at radius 2 is 2.14 bits per heavy atom. The summed E-state index contributed by atoms with van der Waals surface area (Å²) in [7, 11) is 1.92. The Labute approximate surface area is 163 Å². The van der Waals surface area contributed by atoms with Crippen molar-refractivity contribution in [2.24, 2.45) is 7.05 Å². The van der Waals surface area contributed by atoms with Crippen molar-refractivity contribution < 1.29 is 14.3 Å². The first-order valence-electron chi connectivity index (χ1n) is 9.33. The summed E-state index contributed by atoms with van der Waals surface area (Å²) >= 11 is 0. The zero-order valence-corrected chi connectivity index (χ0v) is 16.3. The summed E-state index contributed by atoms with van der Waals surface area (Å²) in [5, 5.41) is 0.937. The summed E-state index contributed by atoms with van der Waals surface area (Å²) in [6.07, 6.45) is 5.17. The highest BCUT2D eigenvalue weighted by Gasteiger charge is 2.35. The fourth-order valence-corrected chi connectivity index (χ4v) is 3.43. The van der Waals surface area contributed by atoms with E-state index in [1.807, 2.05) is 62.0 Å². The number of ether oxygens (including phenoxy) is 2. The quantitative estimate of drug-likeness (QED) is 0.681. The number of rotatable bonds is 5. The summed E-state index contributed by atoms with van der Waals surface area (Å²) in [4.78, 5) is 23.8. The monoisotopic (exact) mass is 380 g/mol. The zero-order valence-electron chi connectivity index (χ0n) is 16.3. The van der Waals surface area contributed by atoms with Gasteiger partial charge in [-0.05, 0) is 38.1 Å². The fourth-order valence-electron chi connectivity index (χ4n) is 3.43. The maximum atomic E-state index is 13.3. The lowest BCUT2D eigenvalue weighted by Gasteiger charge is -2.26. The first kappa shape index (κ1) is 18.6. The van der Waals surface area contributed by atoms with Crippen LogP contribution in [0.5, 0.6) is 0 Å². The Kier molecular flexibility index (Phi) is 4.87. The number of aromatic nitrogens is 3. The van der Waals surface area contributed by atoms with Crippen molar-refractivity contribution in [1.82, 2.24) is 19.4 Å². The van der Waals surface area contributed by atoms with Crippen LogP contribution in [0.4, 0.5) is 0 Å². The molecule has 1 unspecified atom stereocenters. The van der Waals surface area contributed by atoms with Gasteiger partial charge in [-0.3, -0.25) is 9.78 Å². The summed E-state index contributed by atoms with van der Waals surface area (Å²) in [6, 6.07) is 9.40. The maximum Gasteiger partial charge on any atom is 0.254 e. The Hall–Kier alpha value is -2.77. The third-order valence-electron chi connectivity index (χ3n) is 4.88. The number of imidazole rings is 1. The van der Waals surface area contributed by atoms with Crippen molar-refractivity contribution in [3.05, 3.63) is 60.3 Å². The lowest BCUT2D eigenvalue weighted by atomic mass is 10.1. The van der Waals surface area contributed by atoms with Crippen LogP contribution in [0.25, 0.3) is 10.9 Å². The summed E-state index contributed by atoms with van der Waals surface area (Å²) in [5.74, 6) is 0.119. The molecule has 28 heavy (non-hydrogen) atoms. The Morgan fingerprint density at radius 1 is 1.29 bits per heavy atom. The average molecular weight is 380 g/mol. The molecule has 4 rings (SSSR count). The van der Waals surface area contributed by atoms with Crippen LogP contribution in [-0.2, 0) is 23.1 Å². The molecule has 1 aromatic carbocycles. The van der Waals surface area contributed by atoms with Gasteiger partial charge in [0, 0.05) is 36.6 Å². The van der Waals surface area contributed by atoms with Gasteiger partial charge >= 0.3 is 0 Å². The molecule has 3 aromatic rings. The van der Waals surface area contributed by atoms with Gasteiger partial charge in [0.2, 0.25) is 0 Å². The Morgan fingerprint density at radius 3 is 2.86 bits per heavy atom. The van der Waals surface area contributed by atoms with Gasteiger partial charge in [-0.2, -0.15) is 0 Å². The second-order valence-corrected chi connectivity index (χ2v) is 7.50. The predicted octanol–water partition coefficient (Wildman–Crippen LogP) is 2.76. The van der Waals surface area contributed by atoms with Crippen molar-refractivity contribution in [1.29, 1.82) is 0 Å². The molecule has 7 nitrogen and oxygen atoms in total. The van der Waals surface area contributed by atoms with E-state index in [4.69, 9.17) is 9.47 Å². The molecule has 0 bridgehead atoms. The van der Waals surface area contributed by atoms with Crippen LogP contribution in [0, 0.1) is 0 Å². The largest absolute Gasteiger partial charge is 0.348 e. The molecule has 1 aliphatic rings. The van der Waals surface area contributed by atoms with Crippen LogP contribution in [0.15, 0.2) is 48.9 Å². The molecule has 0 radical (unpaired) electrons. The molecular weight excluding hydrogens is 356 g/mol. The van der Waals surface area contributed by atoms with Gasteiger partial charge in [-0.1, -0.05) is 6.07 Å². The minimum absolute atomic E-state index is 0.0675. The Bertz CT molecular complexity index is 998. The van der Waals surface area contributed by atoms with Gasteiger partial charge < -0.3 is 18.9 Å². The van der Waals surface area contributed by atoms with Crippen molar-refractivity contribution in [2.75, 3.05) is 13.2 Å². The second-order valence-electron chi connectivity index (χ2n) is 7.50. The number of pyridine rings is 1. The highest BCUT2D eigenvalue weighted by atomic mass is 16.7. The second kappa shape index (κ2) is 7.33. The molecule has 0 aliphatic carbocycles. The molecule has 0 spiro atoms. The molecular formula is C21H24N4O3. The molecule has 3 heterocycles. The number of hydrogen-bond acceptors (Lipinski definition) is 5. The lowest BCUT2D eigenvalue weighted by molar-refractivity contribution is -0.139. The SMILES string of the molecule is Cn1ccnc1CN(CC1COC(C)(C)O1)C(=O)c1ccc2ncccc2c1. The van der Waals surface area contributed by atoms with E-state index in [1.165, 1.54) is 0 Å². The molecule has 7 heteroatoms. The van der Waals surface area contributed by atoms with Crippen LogP contribution in [0.2, 0.25) is 0 Å². The molecule has 1 atom stereocenters. The van der Waals surface area contributed by atoms with Crippen molar-refractivity contribution in [3.8, 4) is 0 Å². The standard InChI is InChI=1S/C21H24N4O3/c1-21(2)27-14-17(28-21)12-25(13-19-23-9-10-24(19)3)20(26)16-6-7-18-15(11-16)5-4-8-22-18/h4-11,17H,12-14H2,1-3H3. The molecule has 1 saturated heterocycles. The summed E-state index contributed by atoms with van der Waals surface area (Å²) in [5.41, 5.74) is 1.48. The number of aryl methyl sites for hydroxylation is 1. The van der Waals surface area contributed by atoms with Crippen LogP contribution < -0.4 is 0 Å². The van der Waals surface area contributed by atoms with E-state index in [2.05, 4.69) is 9.97 Å². The summed E-state index contributed by atoms with van der Waals surface area (Å²) < 4.78 is 13.5. The lowest BCUT2D eigenvalue weighted by Crippen LogP contribution is -2.39. The molecule has 2 aromatic heterocycles. The van der Waals surface area contributed by atoms with Gasteiger partial charge in [0.25, 0.3) is 5.91 Å². The van der Waals surface area contributed by atoms with E-state index in [-0.39, 0.29) is 12.0 Å². The third kappa shape index (κ3) is 3.90. The number of carbonyl (C=O) groups excluding carboxylic acids is 1. The van der Waals surface area contributed by atoms with E-state index in [1.54, 1.807) is 17.3 Å². The number of hydrogen-bond donors (Lipinski definition) is 0. The molecule has 0 saturated carbocycles. The smallest absolute Gasteiger partial charge is 0.254 e. The van der Waals surface area contributed by atoms with Crippen LogP contribution in [0.1, 0.15) is 30.0 Å². The highest BCUT2D eigenvalue weighted by Crippen LogP contribution is 2.24. The molecule has 1 amide bonds. The molecule has 1 aliphatic heterocycles.